The van der Waals surface area contributed by atoms with Crippen molar-refractivity contribution in [3.8, 4) is 0 Å². The van der Waals surface area contributed by atoms with Gasteiger partial charge in [0.05, 0.1) is 0 Å². The molecule has 0 saturated carbocycles. The highest BCUT2D eigenvalue weighted by atomic mass is 32.2. The lowest BCUT2D eigenvalue weighted by atomic mass is 9.91. The zero-order valence-electron chi connectivity index (χ0n) is 7.58. The van der Waals surface area contributed by atoms with Crippen molar-refractivity contribution in [3.63, 3.8) is 0 Å². The van der Waals surface area contributed by atoms with E-state index >= 15 is 0 Å². The summed E-state index contributed by atoms with van der Waals surface area (Å²) in [5.41, 5.74) is 3.12. The second-order valence-electron chi connectivity index (χ2n) is 3.64. The fourth-order valence-electron chi connectivity index (χ4n) is 1.71. The summed E-state index contributed by atoms with van der Waals surface area (Å²) in [5, 5.41) is 3.07. The zero-order valence-corrected chi connectivity index (χ0v) is 8.40. The molecule has 1 atom stereocenters. The van der Waals surface area contributed by atoms with E-state index in [0.29, 0.717) is 5.92 Å². The van der Waals surface area contributed by atoms with Gasteiger partial charge in [-0.25, -0.2) is 0 Å². The summed E-state index contributed by atoms with van der Waals surface area (Å²) in [4.78, 5) is 0. The van der Waals surface area contributed by atoms with Crippen molar-refractivity contribution in [1.29, 1.82) is 0 Å². The van der Waals surface area contributed by atoms with Crippen molar-refractivity contribution in [2.75, 3.05) is 0 Å². The Bertz CT molecular complexity index is 269. The minimum Gasteiger partial charge on any atom is -0.125 e. The van der Waals surface area contributed by atoms with Gasteiger partial charge in [-0.05, 0) is 28.9 Å². The topological polar surface area (TPSA) is 0 Å². The van der Waals surface area contributed by atoms with Crippen LogP contribution in [0.4, 0.5) is 0 Å². The molecule has 1 aliphatic carbocycles. The van der Waals surface area contributed by atoms with E-state index in [-0.39, 0.29) is 0 Å². The fraction of sp³-hybridized carbons (Fsp3) is 0.455. The Kier molecular flexibility index (Phi) is 2.14. The molecule has 0 spiro atoms. The van der Waals surface area contributed by atoms with Crippen LogP contribution in [-0.2, 0) is 0 Å². The average molecular weight is 178 g/mol. The third kappa shape index (κ3) is 1.27. The molecule has 1 heteroatoms. The van der Waals surface area contributed by atoms with Crippen LogP contribution < -0.4 is 0 Å². The van der Waals surface area contributed by atoms with E-state index in [1.54, 1.807) is 11.1 Å². The summed E-state index contributed by atoms with van der Waals surface area (Å²) in [6.07, 6.45) is 7.94. The van der Waals surface area contributed by atoms with Gasteiger partial charge in [0.1, 0.15) is 0 Å². The van der Waals surface area contributed by atoms with Crippen LogP contribution in [0.15, 0.2) is 34.8 Å². The van der Waals surface area contributed by atoms with Crippen molar-refractivity contribution in [2.45, 2.75) is 25.5 Å². The Hall–Kier alpha value is -0.430. The summed E-state index contributed by atoms with van der Waals surface area (Å²) >= 11 is 1.98. The van der Waals surface area contributed by atoms with Gasteiger partial charge in [-0.3, -0.25) is 0 Å². The van der Waals surface area contributed by atoms with Crippen molar-refractivity contribution < 1.29 is 0 Å². The highest BCUT2D eigenvalue weighted by Gasteiger charge is 2.25. The van der Waals surface area contributed by atoms with Gasteiger partial charge in [-0.2, -0.15) is 0 Å². The first-order valence-electron chi connectivity index (χ1n) is 4.51. The summed E-state index contributed by atoms with van der Waals surface area (Å²) in [5.74, 6) is 0.681. The first-order chi connectivity index (χ1) is 5.79. The molecular formula is C11H14S. The Labute approximate surface area is 78.4 Å². The van der Waals surface area contributed by atoms with Crippen LogP contribution in [0.5, 0.6) is 0 Å². The molecule has 12 heavy (non-hydrogen) atoms. The third-order valence-electron chi connectivity index (χ3n) is 2.42. The fourth-order valence-corrected chi connectivity index (χ4v) is 3.01. The minimum absolute atomic E-state index is 0.681. The van der Waals surface area contributed by atoms with Crippen LogP contribution >= 0.6 is 11.8 Å². The summed E-state index contributed by atoms with van der Waals surface area (Å²) in [7, 11) is 0. The van der Waals surface area contributed by atoms with Gasteiger partial charge in [0.2, 0.25) is 0 Å². The quantitative estimate of drug-likeness (QED) is 0.592. The highest BCUT2D eigenvalue weighted by molar-refractivity contribution is 8.03. The molecule has 0 aromatic rings. The Balaban J connectivity index is 2.28. The average Bonchev–Trinajstić information content (AvgIpc) is 2.47. The predicted octanol–water partition coefficient (Wildman–Crippen LogP) is 3.53. The highest BCUT2D eigenvalue weighted by Crippen LogP contribution is 2.41. The molecule has 0 N–H and O–H groups in total. The van der Waals surface area contributed by atoms with Crippen molar-refractivity contribution in [2.24, 2.45) is 5.92 Å². The Morgan fingerprint density at radius 3 is 3.08 bits per heavy atom. The molecule has 0 aromatic carbocycles. The maximum Gasteiger partial charge on any atom is 0.0376 e. The maximum absolute atomic E-state index is 2.34. The van der Waals surface area contributed by atoms with E-state index in [4.69, 9.17) is 0 Å². The van der Waals surface area contributed by atoms with Gasteiger partial charge < -0.3 is 0 Å². The molecule has 0 saturated heterocycles. The summed E-state index contributed by atoms with van der Waals surface area (Å²) in [6, 6.07) is 0. The lowest BCUT2D eigenvalue weighted by molar-refractivity contribution is 0.769. The predicted molar refractivity (Wildman–Crippen MR) is 56.1 cm³/mol. The second kappa shape index (κ2) is 3.14. The van der Waals surface area contributed by atoms with Crippen LogP contribution in [0.3, 0.4) is 0 Å². The Morgan fingerprint density at radius 1 is 1.50 bits per heavy atom. The van der Waals surface area contributed by atoms with Crippen molar-refractivity contribution in [1.82, 2.24) is 0 Å². The number of hydrogen-bond acceptors (Lipinski definition) is 1. The normalized spacial score (nSPS) is 27.1. The summed E-state index contributed by atoms with van der Waals surface area (Å²) < 4.78 is 0. The largest absolute Gasteiger partial charge is 0.125 e. The van der Waals surface area contributed by atoms with E-state index < -0.39 is 0 Å². The first-order valence-corrected chi connectivity index (χ1v) is 5.46. The van der Waals surface area contributed by atoms with Gasteiger partial charge in [-0.15, -0.1) is 11.8 Å². The Morgan fingerprint density at radius 2 is 2.33 bits per heavy atom. The van der Waals surface area contributed by atoms with Gasteiger partial charge in [0.15, 0.2) is 0 Å². The van der Waals surface area contributed by atoms with Crippen molar-refractivity contribution >= 4 is 11.8 Å². The lowest BCUT2D eigenvalue weighted by Crippen LogP contribution is -2.07. The minimum atomic E-state index is 0.681. The molecule has 0 fully saturated rings. The molecule has 1 unspecified atom stereocenters. The van der Waals surface area contributed by atoms with Gasteiger partial charge in [-0.1, -0.05) is 32.1 Å². The van der Waals surface area contributed by atoms with Crippen LogP contribution in [0.2, 0.25) is 0 Å². The monoisotopic (exact) mass is 178 g/mol. The molecule has 0 amide bonds. The smallest absolute Gasteiger partial charge is 0.0376 e. The number of thioether (sulfide) groups is 1. The first kappa shape index (κ1) is 8.18. The van der Waals surface area contributed by atoms with E-state index in [2.05, 4.69) is 37.5 Å². The van der Waals surface area contributed by atoms with Crippen LogP contribution in [0, 0.1) is 5.92 Å². The van der Waals surface area contributed by atoms with E-state index in [1.807, 2.05) is 11.8 Å². The molecule has 1 heterocycles. The lowest BCUT2D eigenvalue weighted by Gasteiger charge is -2.16. The van der Waals surface area contributed by atoms with Crippen LogP contribution in [0.1, 0.15) is 20.3 Å². The van der Waals surface area contributed by atoms with Crippen LogP contribution in [0.25, 0.3) is 0 Å². The molecule has 2 aliphatic rings. The SMILES string of the molecule is CC(C)C1=CSC2CC=CC=C12. The standard InChI is InChI=1S/C11H14S/c1-8(2)10-7-12-11-6-4-3-5-9(10)11/h3-5,7-8,11H,6H2,1-2H3. The molecular weight excluding hydrogens is 164 g/mol. The molecule has 0 nitrogen and oxygen atoms in total. The van der Waals surface area contributed by atoms with E-state index in [0.717, 1.165) is 5.25 Å². The molecule has 1 aliphatic heterocycles. The van der Waals surface area contributed by atoms with Gasteiger partial charge >= 0.3 is 0 Å². The number of rotatable bonds is 1. The molecule has 0 radical (unpaired) electrons. The molecule has 2 rings (SSSR count). The number of hydrogen-bond donors (Lipinski definition) is 0. The molecule has 0 bridgehead atoms. The molecule has 0 aromatic heterocycles. The second-order valence-corrected chi connectivity index (χ2v) is 4.72. The van der Waals surface area contributed by atoms with Crippen molar-refractivity contribution in [3.05, 3.63) is 34.8 Å². The van der Waals surface area contributed by atoms with E-state index in [9.17, 15) is 0 Å². The van der Waals surface area contributed by atoms with Gasteiger partial charge in [0.25, 0.3) is 0 Å². The third-order valence-corrected chi connectivity index (χ3v) is 3.59. The molecule has 64 valence electrons. The maximum atomic E-state index is 2.34. The number of allylic oxidation sites excluding steroid dienone is 4. The van der Waals surface area contributed by atoms with Crippen LogP contribution in [-0.4, -0.2) is 5.25 Å². The zero-order chi connectivity index (χ0) is 8.55. The number of fused-ring (bicyclic) bond motifs is 1. The van der Waals surface area contributed by atoms with Gasteiger partial charge in [0, 0.05) is 5.25 Å². The van der Waals surface area contributed by atoms with E-state index in [1.165, 1.54) is 6.42 Å². The summed E-state index contributed by atoms with van der Waals surface area (Å²) in [6.45, 7) is 4.54.